The third kappa shape index (κ3) is 4.11. The summed E-state index contributed by atoms with van der Waals surface area (Å²) in [4.78, 5) is 38.3. The van der Waals surface area contributed by atoms with Gasteiger partial charge in [0.2, 0.25) is 5.91 Å². The maximum atomic E-state index is 12.8. The summed E-state index contributed by atoms with van der Waals surface area (Å²) >= 11 is 1.57. The number of fused-ring (bicyclic) bond motifs is 1. The lowest BCUT2D eigenvalue weighted by atomic mass is 10.1. The average molecular weight is 372 g/mol. The molecule has 0 saturated carbocycles. The van der Waals surface area contributed by atoms with Gasteiger partial charge in [0.05, 0.1) is 11.1 Å². The number of nitrogens with one attached hydrogen (secondary N) is 1. The van der Waals surface area contributed by atoms with E-state index in [0.29, 0.717) is 17.7 Å². The first-order chi connectivity index (χ1) is 12.6. The van der Waals surface area contributed by atoms with Crippen LogP contribution >= 0.6 is 11.8 Å². The second-order valence-corrected chi connectivity index (χ2v) is 6.92. The van der Waals surface area contributed by atoms with E-state index in [0.717, 1.165) is 22.0 Å². The smallest absolute Gasteiger partial charge is 0.262 e. The highest BCUT2D eigenvalue weighted by molar-refractivity contribution is 7.99. The molecule has 26 heavy (non-hydrogen) atoms. The van der Waals surface area contributed by atoms with Crippen LogP contribution in [0.2, 0.25) is 0 Å². The summed E-state index contributed by atoms with van der Waals surface area (Å²) in [7, 11) is 0. The first kappa shape index (κ1) is 18.1. The van der Waals surface area contributed by atoms with Crippen LogP contribution in [-0.4, -0.2) is 41.5 Å². The van der Waals surface area contributed by atoms with Gasteiger partial charge in [-0.05, 0) is 48.6 Å². The van der Waals surface area contributed by atoms with Crippen LogP contribution in [0.25, 0.3) is 0 Å². The molecule has 0 spiro atoms. The fourth-order valence-corrected chi connectivity index (χ4v) is 3.46. The first-order valence-electron chi connectivity index (χ1n) is 8.16. The van der Waals surface area contributed by atoms with Crippen LogP contribution in [0.4, 0.5) is 4.39 Å². The van der Waals surface area contributed by atoms with Gasteiger partial charge < -0.3 is 5.32 Å². The quantitative estimate of drug-likeness (QED) is 0.461. The summed E-state index contributed by atoms with van der Waals surface area (Å²) in [5, 5.41) is 2.71. The Morgan fingerprint density at radius 3 is 2.23 bits per heavy atom. The lowest BCUT2D eigenvalue weighted by Crippen LogP contribution is -2.40. The third-order valence-corrected chi connectivity index (χ3v) is 5.00. The van der Waals surface area contributed by atoms with Gasteiger partial charge >= 0.3 is 0 Å². The van der Waals surface area contributed by atoms with Crippen molar-refractivity contribution in [2.75, 3.05) is 18.8 Å². The minimum absolute atomic E-state index is 0.269. The van der Waals surface area contributed by atoms with E-state index in [9.17, 15) is 18.8 Å². The van der Waals surface area contributed by atoms with Crippen molar-refractivity contribution in [1.82, 2.24) is 10.2 Å². The monoisotopic (exact) mass is 372 g/mol. The number of hydrogen-bond donors (Lipinski definition) is 1. The Bertz CT molecular complexity index is 804. The molecular formula is C19H17FN2O3S. The molecule has 0 aliphatic carbocycles. The molecule has 0 fully saturated rings. The van der Waals surface area contributed by atoms with Crippen LogP contribution in [0.5, 0.6) is 0 Å². The van der Waals surface area contributed by atoms with Crippen LogP contribution < -0.4 is 5.32 Å². The van der Waals surface area contributed by atoms with Gasteiger partial charge in [0.15, 0.2) is 0 Å². The van der Waals surface area contributed by atoms with Gasteiger partial charge in [0.25, 0.3) is 11.8 Å². The number of rotatable bonds is 7. The summed E-state index contributed by atoms with van der Waals surface area (Å²) in [5.74, 6) is -0.750. The van der Waals surface area contributed by atoms with Gasteiger partial charge in [-0.1, -0.05) is 12.1 Å². The third-order valence-electron chi connectivity index (χ3n) is 3.91. The normalized spacial score (nSPS) is 13.0. The van der Waals surface area contributed by atoms with Crippen molar-refractivity contribution in [1.29, 1.82) is 0 Å². The molecule has 3 rings (SSSR count). The summed E-state index contributed by atoms with van der Waals surface area (Å²) in [5.41, 5.74) is 0.669. The molecule has 1 heterocycles. The number of halogens is 1. The van der Waals surface area contributed by atoms with Crippen LogP contribution in [-0.2, 0) is 4.79 Å². The van der Waals surface area contributed by atoms with Crippen molar-refractivity contribution in [2.45, 2.75) is 11.3 Å². The molecule has 0 saturated heterocycles. The fraction of sp³-hybridized carbons (Fsp3) is 0.211. The van der Waals surface area contributed by atoms with Gasteiger partial charge in [-0.15, -0.1) is 11.8 Å². The Morgan fingerprint density at radius 1 is 1.00 bits per heavy atom. The highest BCUT2D eigenvalue weighted by Crippen LogP contribution is 2.22. The molecule has 0 unspecified atom stereocenters. The Hall–Kier alpha value is -2.67. The lowest BCUT2D eigenvalue weighted by molar-refractivity contribution is -0.121. The SMILES string of the molecule is O=C(CN1C(=O)c2ccccc2C1=O)NCCCSc1ccc(F)cc1. The van der Waals surface area contributed by atoms with Crippen LogP contribution in [0, 0.1) is 5.82 Å². The number of amides is 3. The lowest BCUT2D eigenvalue weighted by Gasteiger charge is -2.13. The van der Waals surface area contributed by atoms with Crippen molar-refractivity contribution >= 4 is 29.5 Å². The summed E-state index contributed by atoms with van der Waals surface area (Å²) in [6.45, 7) is 0.160. The van der Waals surface area contributed by atoms with Crippen LogP contribution in [0.1, 0.15) is 27.1 Å². The molecule has 3 amide bonds. The largest absolute Gasteiger partial charge is 0.355 e. The first-order valence-corrected chi connectivity index (χ1v) is 9.15. The van der Waals surface area contributed by atoms with E-state index < -0.39 is 11.8 Å². The molecule has 7 heteroatoms. The molecule has 2 aromatic rings. The Kier molecular flexibility index (Phi) is 5.68. The molecule has 1 aliphatic rings. The van der Waals surface area contributed by atoms with Crippen molar-refractivity contribution in [2.24, 2.45) is 0 Å². The average Bonchev–Trinajstić information content (AvgIpc) is 2.88. The number of thioether (sulfide) groups is 1. The second kappa shape index (κ2) is 8.14. The molecule has 1 N–H and O–H groups in total. The molecule has 5 nitrogen and oxygen atoms in total. The Balaban J connectivity index is 1.40. The minimum atomic E-state index is -0.437. The maximum absolute atomic E-state index is 12.8. The number of carbonyl (C=O) groups excluding carboxylic acids is 3. The van der Waals surface area contributed by atoms with E-state index in [1.807, 2.05) is 0 Å². The van der Waals surface area contributed by atoms with Crippen LogP contribution in [0.15, 0.2) is 53.4 Å². The molecule has 0 radical (unpaired) electrons. The molecular weight excluding hydrogens is 355 g/mol. The van der Waals surface area contributed by atoms with Crippen LogP contribution in [0.3, 0.4) is 0 Å². The Labute approximate surface area is 154 Å². The zero-order chi connectivity index (χ0) is 18.5. The molecule has 0 aromatic heterocycles. The van der Waals surface area contributed by atoms with Crippen molar-refractivity contribution in [3.05, 3.63) is 65.5 Å². The number of hydrogen-bond acceptors (Lipinski definition) is 4. The highest BCUT2D eigenvalue weighted by Gasteiger charge is 2.36. The summed E-state index contributed by atoms with van der Waals surface area (Å²) in [6, 6.07) is 12.8. The fourth-order valence-electron chi connectivity index (χ4n) is 2.60. The minimum Gasteiger partial charge on any atom is -0.355 e. The molecule has 134 valence electrons. The predicted octanol–water partition coefficient (Wildman–Crippen LogP) is 2.72. The molecule has 0 bridgehead atoms. The van der Waals surface area contributed by atoms with E-state index in [1.54, 1.807) is 48.2 Å². The van der Waals surface area contributed by atoms with Gasteiger partial charge in [-0.3, -0.25) is 19.3 Å². The molecule has 0 atom stereocenters. The standard InChI is InChI=1S/C19H17FN2O3S/c20-13-6-8-14(9-7-13)26-11-3-10-21-17(23)12-22-18(24)15-4-1-2-5-16(15)19(22)25/h1-2,4-9H,3,10-12H2,(H,21,23). The van der Waals surface area contributed by atoms with Gasteiger partial charge in [-0.25, -0.2) is 4.39 Å². The topological polar surface area (TPSA) is 66.5 Å². The van der Waals surface area contributed by atoms with Crippen molar-refractivity contribution in [3.63, 3.8) is 0 Å². The van der Waals surface area contributed by atoms with E-state index in [4.69, 9.17) is 0 Å². The predicted molar refractivity (Wildman–Crippen MR) is 96.6 cm³/mol. The maximum Gasteiger partial charge on any atom is 0.262 e. The van der Waals surface area contributed by atoms with Gasteiger partial charge in [-0.2, -0.15) is 0 Å². The Morgan fingerprint density at radius 2 is 1.62 bits per heavy atom. The molecule has 2 aromatic carbocycles. The zero-order valence-corrected chi connectivity index (χ0v) is 14.7. The van der Waals surface area contributed by atoms with Gasteiger partial charge in [0, 0.05) is 11.4 Å². The van der Waals surface area contributed by atoms with Crippen molar-refractivity contribution < 1.29 is 18.8 Å². The van der Waals surface area contributed by atoms with Gasteiger partial charge in [0.1, 0.15) is 12.4 Å². The number of nitrogens with zero attached hydrogens (tertiary/aromatic N) is 1. The number of imide groups is 1. The highest BCUT2D eigenvalue weighted by atomic mass is 32.2. The summed E-state index contributed by atoms with van der Waals surface area (Å²) in [6.07, 6.45) is 0.718. The van der Waals surface area contributed by atoms with E-state index in [2.05, 4.69) is 5.32 Å². The van der Waals surface area contributed by atoms with E-state index in [1.165, 1.54) is 12.1 Å². The van der Waals surface area contributed by atoms with Crippen molar-refractivity contribution in [3.8, 4) is 0 Å². The van der Waals surface area contributed by atoms with E-state index >= 15 is 0 Å². The number of benzene rings is 2. The van der Waals surface area contributed by atoms with E-state index in [-0.39, 0.29) is 18.3 Å². The zero-order valence-electron chi connectivity index (χ0n) is 13.9. The molecule has 1 aliphatic heterocycles. The summed E-state index contributed by atoms with van der Waals surface area (Å²) < 4.78 is 12.8. The second-order valence-electron chi connectivity index (χ2n) is 5.75. The number of carbonyl (C=O) groups is 3.